The molecule has 0 unspecified atom stereocenters. The van der Waals surface area contributed by atoms with Crippen LogP contribution in [0.3, 0.4) is 0 Å². The predicted molar refractivity (Wildman–Crippen MR) is 49.6 cm³/mol. The summed E-state index contributed by atoms with van der Waals surface area (Å²) in [4.78, 5) is 0. The first kappa shape index (κ1) is 8.58. The average Bonchev–Trinajstić information content (AvgIpc) is 1.87. The van der Waals surface area contributed by atoms with E-state index in [0.29, 0.717) is 0 Å². The summed E-state index contributed by atoms with van der Waals surface area (Å²) in [6, 6.07) is 0. The summed E-state index contributed by atoms with van der Waals surface area (Å²) in [5.74, 6) is 0.986. The van der Waals surface area contributed by atoms with E-state index in [1.54, 1.807) is 0 Å². The molecule has 0 spiro atoms. The molecule has 1 saturated carbocycles. The fraction of sp³-hybridized carbons (Fsp3) is 1.00. The normalized spacial score (nSPS) is 23.7. The Morgan fingerprint density at radius 1 is 0.900 bits per heavy atom. The van der Waals surface area contributed by atoms with Crippen LogP contribution in [0, 0.1) is 5.92 Å². The first-order valence-corrected chi connectivity index (χ1v) is 5.61. The maximum Gasteiger partial charge on any atom is 0.00596 e. The van der Waals surface area contributed by atoms with E-state index in [-0.39, 0.29) is 0 Å². The summed E-state index contributed by atoms with van der Waals surface area (Å²) in [5.41, 5.74) is 0. The van der Waals surface area contributed by atoms with Crippen molar-refractivity contribution in [3.63, 3.8) is 0 Å². The Labute approximate surface area is 72.5 Å². The molecule has 10 heavy (non-hydrogen) atoms. The van der Waals surface area contributed by atoms with Gasteiger partial charge < -0.3 is 0 Å². The van der Waals surface area contributed by atoms with Gasteiger partial charge >= 0.3 is 0 Å². The minimum absolute atomic E-state index is 0.986. The number of alkyl halides is 1. The van der Waals surface area contributed by atoms with Crippen molar-refractivity contribution in [2.45, 2.75) is 44.9 Å². The first-order chi connectivity index (χ1) is 4.93. The molecule has 0 aromatic carbocycles. The predicted octanol–water partition coefficient (Wildman–Crippen LogP) is 3.74. The second kappa shape index (κ2) is 5.17. The lowest BCUT2D eigenvalue weighted by Crippen LogP contribution is -2.04. The Kier molecular flexibility index (Phi) is 4.44. The lowest BCUT2D eigenvalue weighted by atomic mass is 9.93. The van der Waals surface area contributed by atoms with Crippen LogP contribution in [0.2, 0.25) is 0 Å². The van der Waals surface area contributed by atoms with Crippen LogP contribution in [0.5, 0.6) is 0 Å². The summed E-state index contributed by atoms with van der Waals surface area (Å²) in [5, 5.41) is 1.23. The molecule has 0 radical (unpaired) electrons. The van der Waals surface area contributed by atoms with Gasteiger partial charge in [-0.1, -0.05) is 48.0 Å². The van der Waals surface area contributed by atoms with Crippen LogP contribution < -0.4 is 0 Å². The molecule has 0 aromatic rings. The average molecular weight is 205 g/mol. The number of halogens is 1. The first-order valence-electron chi connectivity index (χ1n) is 4.49. The van der Waals surface area contributed by atoms with E-state index in [1.807, 2.05) is 0 Å². The third-order valence-corrected chi connectivity index (χ3v) is 3.36. The number of hydrogen-bond acceptors (Lipinski definition) is 0. The Morgan fingerprint density at radius 3 is 1.90 bits per heavy atom. The monoisotopic (exact) mass is 204 g/mol. The standard InChI is InChI=1S/C9H17Br/c10-8-9-6-4-2-1-3-5-7-9/h9H,1-8H2. The van der Waals surface area contributed by atoms with Crippen LogP contribution in [-0.4, -0.2) is 5.33 Å². The van der Waals surface area contributed by atoms with Crippen LogP contribution in [0.1, 0.15) is 44.9 Å². The Morgan fingerprint density at radius 2 is 1.40 bits per heavy atom. The van der Waals surface area contributed by atoms with Gasteiger partial charge in [-0.05, 0) is 18.8 Å². The molecule has 0 N–H and O–H groups in total. The highest BCUT2D eigenvalue weighted by molar-refractivity contribution is 9.09. The van der Waals surface area contributed by atoms with Gasteiger partial charge in [-0.15, -0.1) is 0 Å². The summed E-state index contributed by atoms with van der Waals surface area (Å²) < 4.78 is 0. The van der Waals surface area contributed by atoms with Gasteiger partial charge in [0.05, 0.1) is 0 Å². The molecule has 1 aliphatic carbocycles. The van der Waals surface area contributed by atoms with Gasteiger partial charge in [0.15, 0.2) is 0 Å². The van der Waals surface area contributed by atoms with Crippen molar-refractivity contribution in [2.75, 3.05) is 5.33 Å². The van der Waals surface area contributed by atoms with Gasteiger partial charge in [-0.3, -0.25) is 0 Å². The maximum atomic E-state index is 3.57. The van der Waals surface area contributed by atoms with Crippen molar-refractivity contribution < 1.29 is 0 Å². The fourth-order valence-corrected chi connectivity index (χ4v) is 2.34. The SMILES string of the molecule is BrCC1CCCCCCC1. The van der Waals surface area contributed by atoms with Crippen molar-refractivity contribution >= 4 is 15.9 Å². The molecule has 0 amide bonds. The molecule has 1 aliphatic rings. The van der Waals surface area contributed by atoms with Crippen molar-refractivity contribution in [1.29, 1.82) is 0 Å². The zero-order chi connectivity index (χ0) is 7.23. The van der Waals surface area contributed by atoms with Gasteiger partial charge in [0.1, 0.15) is 0 Å². The number of rotatable bonds is 1. The molecule has 1 fully saturated rings. The highest BCUT2D eigenvalue weighted by atomic mass is 79.9. The Balaban J connectivity index is 2.16. The second-order valence-corrected chi connectivity index (χ2v) is 4.01. The molecule has 1 heteroatoms. The van der Waals surface area contributed by atoms with Gasteiger partial charge in [0.2, 0.25) is 0 Å². The quantitative estimate of drug-likeness (QED) is 0.572. The number of hydrogen-bond donors (Lipinski definition) is 0. The molecule has 0 aliphatic heterocycles. The van der Waals surface area contributed by atoms with Crippen molar-refractivity contribution in [3.05, 3.63) is 0 Å². The molecule has 0 saturated heterocycles. The zero-order valence-corrected chi connectivity index (χ0v) is 8.20. The van der Waals surface area contributed by atoms with E-state index in [0.717, 1.165) is 5.92 Å². The fourth-order valence-electron chi connectivity index (χ4n) is 1.69. The molecule has 0 atom stereocenters. The van der Waals surface area contributed by atoms with Crippen LogP contribution >= 0.6 is 15.9 Å². The molecular weight excluding hydrogens is 188 g/mol. The van der Waals surface area contributed by atoms with Gasteiger partial charge in [-0.25, -0.2) is 0 Å². The maximum absolute atomic E-state index is 3.57. The van der Waals surface area contributed by atoms with E-state index in [4.69, 9.17) is 0 Å². The summed E-state index contributed by atoms with van der Waals surface area (Å²) >= 11 is 3.57. The molecular formula is C9H17Br. The van der Waals surface area contributed by atoms with E-state index in [1.165, 1.54) is 50.3 Å². The third kappa shape index (κ3) is 3.05. The van der Waals surface area contributed by atoms with Crippen LogP contribution in [0.4, 0.5) is 0 Å². The van der Waals surface area contributed by atoms with E-state index < -0.39 is 0 Å². The second-order valence-electron chi connectivity index (χ2n) is 3.37. The van der Waals surface area contributed by atoms with Gasteiger partial charge in [-0.2, -0.15) is 0 Å². The molecule has 0 bridgehead atoms. The van der Waals surface area contributed by atoms with Gasteiger partial charge in [0.25, 0.3) is 0 Å². The summed E-state index contributed by atoms with van der Waals surface area (Å²) in [7, 11) is 0. The lowest BCUT2D eigenvalue weighted by molar-refractivity contribution is 0.411. The molecule has 1 rings (SSSR count). The smallest absolute Gasteiger partial charge is 0.00596 e. The van der Waals surface area contributed by atoms with Crippen molar-refractivity contribution in [2.24, 2.45) is 5.92 Å². The van der Waals surface area contributed by atoms with E-state index in [9.17, 15) is 0 Å². The van der Waals surface area contributed by atoms with Crippen LogP contribution in [0.25, 0.3) is 0 Å². The minimum Gasteiger partial charge on any atom is -0.0925 e. The van der Waals surface area contributed by atoms with Crippen LogP contribution in [-0.2, 0) is 0 Å². The molecule has 60 valence electrons. The highest BCUT2D eigenvalue weighted by Crippen LogP contribution is 2.23. The largest absolute Gasteiger partial charge is 0.0925 e. The topological polar surface area (TPSA) is 0 Å². The highest BCUT2D eigenvalue weighted by Gasteiger charge is 2.08. The van der Waals surface area contributed by atoms with Crippen molar-refractivity contribution in [1.82, 2.24) is 0 Å². The molecule has 0 heterocycles. The lowest BCUT2D eigenvalue weighted by Gasteiger charge is -2.16. The van der Waals surface area contributed by atoms with E-state index in [2.05, 4.69) is 15.9 Å². The Hall–Kier alpha value is 0.480. The molecule has 0 aromatic heterocycles. The van der Waals surface area contributed by atoms with Gasteiger partial charge in [0, 0.05) is 5.33 Å². The summed E-state index contributed by atoms with van der Waals surface area (Å²) in [6.45, 7) is 0. The van der Waals surface area contributed by atoms with Crippen LogP contribution in [0.15, 0.2) is 0 Å². The molecule has 0 nitrogen and oxygen atoms in total. The minimum atomic E-state index is 0.986. The third-order valence-electron chi connectivity index (χ3n) is 2.44. The Bertz CT molecular complexity index is 72.8. The zero-order valence-electron chi connectivity index (χ0n) is 6.61. The summed E-state index contributed by atoms with van der Waals surface area (Å²) in [6.07, 6.45) is 10.3. The van der Waals surface area contributed by atoms with Crippen molar-refractivity contribution in [3.8, 4) is 0 Å². The van der Waals surface area contributed by atoms with E-state index >= 15 is 0 Å².